The summed E-state index contributed by atoms with van der Waals surface area (Å²) in [4.78, 5) is 21.2. The van der Waals surface area contributed by atoms with Crippen molar-refractivity contribution in [3.8, 4) is 0 Å². The van der Waals surface area contributed by atoms with Gasteiger partial charge >= 0.3 is 14.1 Å². The van der Waals surface area contributed by atoms with E-state index >= 15 is 0 Å². The van der Waals surface area contributed by atoms with Crippen molar-refractivity contribution in [2.75, 3.05) is 0 Å². The molecule has 0 bridgehead atoms. The number of carbonyl (C=O) groups excluding carboxylic acids is 1. The zero-order chi connectivity index (χ0) is 15.8. The Balaban J connectivity index is 1.79. The highest BCUT2D eigenvalue weighted by Crippen LogP contribution is 2.33. The average molecular weight is 324 g/mol. The minimum absolute atomic E-state index is 0.158. The van der Waals surface area contributed by atoms with E-state index in [-0.39, 0.29) is 6.61 Å². The Kier molecular flexibility index (Phi) is 6.81. The molecule has 1 unspecified atom stereocenters. The van der Waals surface area contributed by atoms with Crippen LogP contribution >= 0.6 is 8.03 Å². The second kappa shape index (κ2) is 8.86. The second-order valence-electron chi connectivity index (χ2n) is 5.76. The van der Waals surface area contributed by atoms with Gasteiger partial charge in [-0.3, -0.25) is 5.32 Å². The van der Waals surface area contributed by atoms with Gasteiger partial charge in [0.15, 0.2) is 0 Å². The van der Waals surface area contributed by atoms with E-state index in [0.29, 0.717) is 12.3 Å². The molecule has 1 fully saturated rings. The van der Waals surface area contributed by atoms with Crippen LogP contribution in [0.4, 0.5) is 4.79 Å². The van der Waals surface area contributed by atoms with Crippen molar-refractivity contribution in [1.82, 2.24) is 5.32 Å². The lowest BCUT2D eigenvalue weighted by molar-refractivity contribution is 0.136. The SMILES string of the molecule is O=C(N[C@@H](CC1CCCCC1)[P+](=O)O)OCc1ccccc1. The minimum atomic E-state index is -2.45. The molecule has 2 N–H and O–H groups in total. The van der Waals surface area contributed by atoms with Crippen LogP contribution in [0.15, 0.2) is 30.3 Å². The van der Waals surface area contributed by atoms with Crippen molar-refractivity contribution in [1.29, 1.82) is 0 Å². The van der Waals surface area contributed by atoms with Crippen LogP contribution in [0, 0.1) is 5.92 Å². The average Bonchev–Trinajstić information content (AvgIpc) is 2.54. The summed E-state index contributed by atoms with van der Waals surface area (Å²) >= 11 is 0. The van der Waals surface area contributed by atoms with Crippen molar-refractivity contribution in [2.24, 2.45) is 5.92 Å². The maximum atomic E-state index is 11.8. The normalized spacial score (nSPS) is 17.6. The lowest BCUT2D eigenvalue weighted by atomic mass is 9.87. The van der Waals surface area contributed by atoms with E-state index in [2.05, 4.69) is 5.32 Å². The largest absolute Gasteiger partial charge is 0.530 e. The fourth-order valence-electron chi connectivity index (χ4n) is 2.84. The highest BCUT2D eigenvalue weighted by Gasteiger charge is 2.34. The first-order valence-electron chi connectivity index (χ1n) is 7.77. The van der Waals surface area contributed by atoms with E-state index < -0.39 is 19.9 Å². The molecule has 0 aliphatic heterocycles. The summed E-state index contributed by atoms with van der Waals surface area (Å²) in [6.07, 6.45) is 5.62. The molecule has 1 aliphatic carbocycles. The molecule has 120 valence electrons. The zero-order valence-electron chi connectivity index (χ0n) is 12.6. The third kappa shape index (κ3) is 5.74. The molecule has 0 saturated heterocycles. The molecule has 22 heavy (non-hydrogen) atoms. The molecule has 1 aromatic rings. The quantitative estimate of drug-likeness (QED) is 0.777. The summed E-state index contributed by atoms with van der Waals surface area (Å²) in [6.45, 7) is 0.158. The number of alkyl carbamates (subject to hydrolysis) is 1. The Bertz CT molecular complexity index is 488. The maximum absolute atomic E-state index is 11.8. The number of nitrogens with one attached hydrogen (secondary N) is 1. The van der Waals surface area contributed by atoms with Crippen LogP contribution in [0.5, 0.6) is 0 Å². The molecule has 0 radical (unpaired) electrons. The van der Waals surface area contributed by atoms with Gasteiger partial charge in [0, 0.05) is 6.42 Å². The summed E-state index contributed by atoms with van der Waals surface area (Å²) < 4.78 is 16.6. The van der Waals surface area contributed by atoms with Gasteiger partial charge in [-0.05, 0) is 16.0 Å². The number of rotatable bonds is 6. The van der Waals surface area contributed by atoms with Gasteiger partial charge in [-0.1, -0.05) is 62.4 Å². The van der Waals surface area contributed by atoms with Crippen molar-refractivity contribution in [2.45, 2.75) is 50.9 Å². The fourth-order valence-corrected chi connectivity index (χ4v) is 3.54. The standard InChI is InChI=1S/C16H22NO4P/c18-16(21-12-14-9-5-2-6-10-14)17-15(22(19)20)11-13-7-3-1-4-8-13/h2,5-6,9-10,13,15H,1,3-4,7-8,11-12H2,(H-,17,18,19,20)/p+1/t15-/m1/s1. The van der Waals surface area contributed by atoms with Crippen LogP contribution in [0.3, 0.4) is 0 Å². The molecule has 0 spiro atoms. The van der Waals surface area contributed by atoms with Gasteiger partial charge in [-0.2, -0.15) is 4.89 Å². The number of ether oxygens (including phenoxy) is 1. The first-order valence-corrected chi connectivity index (χ1v) is 9.06. The van der Waals surface area contributed by atoms with Crippen molar-refractivity contribution in [3.05, 3.63) is 35.9 Å². The molecule has 6 heteroatoms. The molecule has 2 rings (SSSR count). The highest BCUT2D eigenvalue weighted by molar-refractivity contribution is 7.38. The van der Waals surface area contributed by atoms with E-state index in [4.69, 9.17) is 4.74 Å². The molecular weight excluding hydrogens is 301 g/mol. The number of hydrogen-bond donors (Lipinski definition) is 2. The van der Waals surface area contributed by atoms with Gasteiger partial charge in [0.05, 0.1) is 0 Å². The Morgan fingerprint density at radius 1 is 1.27 bits per heavy atom. The van der Waals surface area contributed by atoms with E-state index in [1.807, 2.05) is 30.3 Å². The zero-order valence-corrected chi connectivity index (χ0v) is 13.5. The first-order chi connectivity index (χ1) is 10.6. The molecule has 1 aliphatic rings. The third-order valence-electron chi connectivity index (χ3n) is 4.05. The fraction of sp³-hybridized carbons (Fsp3) is 0.562. The topological polar surface area (TPSA) is 75.6 Å². The summed E-state index contributed by atoms with van der Waals surface area (Å²) in [5.74, 6) is -0.305. The van der Waals surface area contributed by atoms with Crippen LogP contribution in [0.1, 0.15) is 44.1 Å². The van der Waals surface area contributed by atoms with Crippen LogP contribution < -0.4 is 5.32 Å². The number of hydrogen-bond acceptors (Lipinski definition) is 3. The van der Waals surface area contributed by atoms with Gasteiger partial charge in [-0.25, -0.2) is 4.79 Å². The van der Waals surface area contributed by atoms with E-state index in [9.17, 15) is 14.3 Å². The highest BCUT2D eigenvalue weighted by atomic mass is 31.1. The molecule has 1 amide bonds. The van der Waals surface area contributed by atoms with Crippen molar-refractivity contribution < 1.29 is 19.0 Å². The van der Waals surface area contributed by atoms with Crippen LogP contribution in [0.2, 0.25) is 0 Å². The predicted octanol–water partition coefficient (Wildman–Crippen LogP) is 3.94. The van der Waals surface area contributed by atoms with Crippen LogP contribution in [-0.4, -0.2) is 16.8 Å². The van der Waals surface area contributed by atoms with Crippen molar-refractivity contribution >= 4 is 14.1 Å². The van der Waals surface area contributed by atoms with Gasteiger partial charge in [0.1, 0.15) is 6.61 Å². The molecular formula is C16H23NO4P+. The Morgan fingerprint density at radius 2 is 1.95 bits per heavy atom. The van der Waals surface area contributed by atoms with Crippen molar-refractivity contribution in [3.63, 3.8) is 0 Å². The maximum Gasteiger partial charge on any atom is 0.530 e. The third-order valence-corrected chi connectivity index (χ3v) is 4.92. The lowest BCUT2D eigenvalue weighted by Gasteiger charge is -2.22. The Labute approximate surface area is 131 Å². The summed E-state index contributed by atoms with van der Waals surface area (Å²) in [7, 11) is -2.45. The van der Waals surface area contributed by atoms with Gasteiger partial charge in [-0.15, -0.1) is 0 Å². The Morgan fingerprint density at radius 3 is 2.59 bits per heavy atom. The molecule has 5 nitrogen and oxygen atoms in total. The second-order valence-corrected chi connectivity index (χ2v) is 6.99. The molecule has 1 saturated carbocycles. The number of amides is 1. The van der Waals surface area contributed by atoms with Crippen LogP contribution in [0.25, 0.3) is 0 Å². The Hall–Kier alpha value is -1.45. The summed E-state index contributed by atoms with van der Waals surface area (Å²) in [6, 6.07) is 9.35. The number of carbonyl (C=O) groups is 1. The summed E-state index contributed by atoms with van der Waals surface area (Å²) in [5.41, 5.74) is 0.884. The van der Waals surface area contributed by atoms with E-state index in [1.54, 1.807) is 0 Å². The monoisotopic (exact) mass is 324 g/mol. The smallest absolute Gasteiger partial charge is 0.445 e. The van der Waals surface area contributed by atoms with Gasteiger partial charge in [0.2, 0.25) is 0 Å². The van der Waals surface area contributed by atoms with Crippen LogP contribution in [-0.2, 0) is 15.9 Å². The molecule has 0 aromatic heterocycles. The van der Waals surface area contributed by atoms with E-state index in [1.165, 1.54) is 6.42 Å². The van der Waals surface area contributed by atoms with E-state index in [0.717, 1.165) is 31.2 Å². The van der Waals surface area contributed by atoms with Gasteiger partial charge in [0.25, 0.3) is 5.78 Å². The number of benzene rings is 1. The summed E-state index contributed by atoms with van der Waals surface area (Å²) in [5, 5.41) is 2.54. The minimum Gasteiger partial charge on any atom is -0.445 e. The van der Waals surface area contributed by atoms with Gasteiger partial charge < -0.3 is 4.74 Å². The molecule has 1 aromatic carbocycles. The predicted molar refractivity (Wildman–Crippen MR) is 84.6 cm³/mol. The lowest BCUT2D eigenvalue weighted by Crippen LogP contribution is -2.34. The first kappa shape index (κ1) is 16.9. The molecule has 0 heterocycles. The molecule has 2 atom stereocenters.